The average molecular weight is 567 g/mol. The number of nitrogens with zero attached hydrogens (tertiary/aromatic N) is 4. The Morgan fingerprint density at radius 1 is 1.05 bits per heavy atom. The van der Waals surface area contributed by atoms with E-state index in [2.05, 4.69) is 26.1 Å². The van der Waals surface area contributed by atoms with Crippen LogP contribution in [0.5, 0.6) is 0 Å². The molecule has 40 heavy (non-hydrogen) atoms. The zero-order valence-electron chi connectivity index (χ0n) is 21.3. The number of hydrogen-bond acceptors (Lipinski definition) is 6. The number of alkyl halides is 3. The van der Waals surface area contributed by atoms with E-state index in [1.165, 1.54) is 13.0 Å². The predicted molar refractivity (Wildman–Crippen MR) is 141 cm³/mol. The molecule has 2 amide bonds. The van der Waals surface area contributed by atoms with Crippen LogP contribution in [-0.4, -0.2) is 22.5 Å². The predicted octanol–water partition coefficient (Wildman–Crippen LogP) is 5.81. The Morgan fingerprint density at radius 2 is 1.70 bits per heavy atom. The minimum absolute atomic E-state index is 0.0836. The highest BCUT2D eigenvalue weighted by atomic mass is 35.5. The highest BCUT2D eigenvalue weighted by Gasteiger charge is 2.44. The van der Waals surface area contributed by atoms with Crippen molar-refractivity contribution in [2.45, 2.75) is 38.5 Å². The summed E-state index contributed by atoms with van der Waals surface area (Å²) in [4.78, 5) is 29.4. The standard InChI is InChI=1S/C28H22ClF3N6O2/c1-3-23(39)35-37-27(14-20-10-13-22(28(30,31)32)34-16(20)2)25(19-8-11-21(29)12-9-19)24(26(40)36-38-27)18-6-4-17(15-33)5-7-18/h4-13,37H,3,14H2,1-2H3,(H,35,39). The third kappa shape index (κ3) is 5.93. The topological polar surface area (TPSA) is 120 Å². The van der Waals surface area contributed by atoms with Gasteiger partial charge in [0.05, 0.1) is 17.2 Å². The van der Waals surface area contributed by atoms with E-state index < -0.39 is 29.3 Å². The van der Waals surface area contributed by atoms with Gasteiger partial charge in [-0.15, -0.1) is 5.11 Å². The number of carbonyl (C=O) groups excluding carboxylic acids is 2. The van der Waals surface area contributed by atoms with E-state index in [9.17, 15) is 28.0 Å². The average Bonchev–Trinajstić information content (AvgIpc) is 2.94. The molecular weight excluding hydrogens is 545 g/mol. The summed E-state index contributed by atoms with van der Waals surface area (Å²) in [6, 6.07) is 16.9. The zero-order chi connectivity index (χ0) is 29.1. The molecule has 8 nitrogen and oxygen atoms in total. The smallest absolute Gasteiger partial charge is 0.289 e. The van der Waals surface area contributed by atoms with Crippen LogP contribution in [0.25, 0.3) is 11.1 Å². The van der Waals surface area contributed by atoms with Crippen LogP contribution in [0.2, 0.25) is 5.02 Å². The first-order valence-electron chi connectivity index (χ1n) is 12.1. The van der Waals surface area contributed by atoms with Crippen molar-refractivity contribution in [3.63, 3.8) is 0 Å². The molecule has 0 bridgehead atoms. The molecule has 1 atom stereocenters. The van der Waals surface area contributed by atoms with Crippen LogP contribution < -0.4 is 10.9 Å². The van der Waals surface area contributed by atoms with Crippen molar-refractivity contribution < 1.29 is 22.8 Å². The number of nitriles is 1. The van der Waals surface area contributed by atoms with E-state index in [0.717, 1.165) is 6.07 Å². The first kappa shape index (κ1) is 28.6. The van der Waals surface area contributed by atoms with Gasteiger partial charge in [0.25, 0.3) is 5.91 Å². The maximum absolute atomic E-state index is 13.3. The fourth-order valence-corrected chi connectivity index (χ4v) is 4.38. The van der Waals surface area contributed by atoms with Gasteiger partial charge in [0.15, 0.2) is 5.66 Å². The normalized spacial score (nSPS) is 17.1. The molecule has 2 N–H and O–H groups in total. The highest BCUT2D eigenvalue weighted by Crippen LogP contribution is 2.42. The Kier molecular flexibility index (Phi) is 8.13. The molecule has 1 aliphatic rings. The molecule has 1 unspecified atom stereocenters. The van der Waals surface area contributed by atoms with Gasteiger partial charge in [-0.1, -0.05) is 48.9 Å². The van der Waals surface area contributed by atoms with Crippen molar-refractivity contribution >= 4 is 34.6 Å². The maximum atomic E-state index is 13.3. The zero-order valence-corrected chi connectivity index (χ0v) is 22.1. The van der Waals surface area contributed by atoms with Crippen LogP contribution in [0.3, 0.4) is 0 Å². The van der Waals surface area contributed by atoms with Gasteiger partial charge >= 0.3 is 6.18 Å². The Hall–Kier alpha value is -4.40. The quantitative estimate of drug-likeness (QED) is 0.350. The third-order valence-electron chi connectivity index (χ3n) is 6.29. The fourth-order valence-electron chi connectivity index (χ4n) is 4.25. The molecule has 3 aromatic rings. The summed E-state index contributed by atoms with van der Waals surface area (Å²) in [6.45, 7) is 3.07. The Bertz CT molecular complexity index is 1560. The van der Waals surface area contributed by atoms with E-state index in [-0.39, 0.29) is 24.1 Å². The van der Waals surface area contributed by atoms with Crippen LogP contribution in [0.15, 0.2) is 70.9 Å². The van der Waals surface area contributed by atoms with Gasteiger partial charge in [-0.25, -0.2) is 10.4 Å². The monoisotopic (exact) mass is 566 g/mol. The van der Waals surface area contributed by atoms with E-state index in [1.54, 1.807) is 55.5 Å². The maximum Gasteiger partial charge on any atom is 0.433 e. The van der Waals surface area contributed by atoms with Gasteiger partial charge in [-0.3, -0.25) is 15.0 Å². The summed E-state index contributed by atoms with van der Waals surface area (Å²) in [5.41, 5.74) is 4.93. The number of amides is 2. The van der Waals surface area contributed by atoms with Gasteiger partial charge in [-0.2, -0.15) is 23.5 Å². The van der Waals surface area contributed by atoms with Crippen LogP contribution in [0.1, 0.15) is 47.0 Å². The minimum atomic E-state index is -4.64. The lowest BCUT2D eigenvalue weighted by atomic mass is 9.81. The van der Waals surface area contributed by atoms with Crippen LogP contribution in [0, 0.1) is 18.3 Å². The van der Waals surface area contributed by atoms with Crippen LogP contribution >= 0.6 is 11.6 Å². The molecule has 0 aliphatic carbocycles. The lowest BCUT2D eigenvalue weighted by molar-refractivity contribution is -0.141. The second-order valence-corrected chi connectivity index (χ2v) is 9.39. The molecule has 0 radical (unpaired) electrons. The summed E-state index contributed by atoms with van der Waals surface area (Å²) >= 11 is 6.13. The summed E-state index contributed by atoms with van der Waals surface area (Å²) in [5.74, 6) is -1.08. The lowest BCUT2D eigenvalue weighted by Crippen LogP contribution is -2.56. The molecule has 0 spiro atoms. The van der Waals surface area contributed by atoms with E-state index >= 15 is 0 Å². The van der Waals surface area contributed by atoms with Crippen molar-refractivity contribution in [2.75, 3.05) is 0 Å². The third-order valence-corrected chi connectivity index (χ3v) is 6.54. The molecule has 0 saturated carbocycles. The molecular formula is C28H22ClF3N6O2. The number of rotatable bonds is 7. The van der Waals surface area contributed by atoms with Crippen LogP contribution in [-0.2, 0) is 22.2 Å². The first-order chi connectivity index (χ1) is 19.0. The number of halogens is 4. The number of benzene rings is 2. The highest BCUT2D eigenvalue weighted by molar-refractivity contribution is 6.31. The largest absolute Gasteiger partial charge is 0.433 e. The molecule has 0 fully saturated rings. The van der Waals surface area contributed by atoms with Crippen molar-refractivity contribution in [1.29, 1.82) is 5.26 Å². The molecule has 1 aliphatic heterocycles. The van der Waals surface area contributed by atoms with E-state index in [4.69, 9.17) is 11.6 Å². The van der Waals surface area contributed by atoms with Crippen LogP contribution in [0.4, 0.5) is 13.2 Å². The molecule has 2 aromatic carbocycles. The van der Waals surface area contributed by atoms with Crippen molar-refractivity contribution in [2.24, 2.45) is 10.2 Å². The Morgan fingerprint density at radius 3 is 2.27 bits per heavy atom. The second-order valence-electron chi connectivity index (χ2n) is 8.95. The van der Waals surface area contributed by atoms with Gasteiger partial charge in [0.2, 0.25) is 5.91 Å². The molecule has 12 heteroatoms. The van der Waals surface area contributed by atoms with Gasteiger partial charge < -0.3 is 0 Å². The van der Waals surface area contributed by atoms with E-state index in [1.807, 2.05) is 6.07 Å². The van der Waals surface area contributed by atoms with E-state index in [0.29, 0.717) is 32.8 Å². The number of aromatic nitrogens is 1. The number of azo groups is 1. The lowest BCUT2D eigenvalue weighted by Gasteiger charge is -2.36. The number of nitrogens with one attached hydrogen (secondary N) is 2. The van der Waals surface area contributed by atoms with Crippen molar-refractivity contribution in [1.82, 2.24) is 15.8 Å². The number of carbonyl (C=O) groups is 2. The summed E-state index contributed by atoms with van der Waals surface area (Å²) in [5, 5.41) is 17.8. The van der Waals surface area contributed by atoms with Crippen molar-refractivity contribution in [3.8, 4) is 6.07 Å². The SMILES string of the molecule is CCC(=O)NNC1(Cc2ccc(C(F)(F)F)nc2C)N=NC(=O)C(c2ccc(C#N)cc2)=C1c1ccc(Cl)cc1. The fraction of sp³-hybridized carbons (Fsp3) is 0.214. The molecule has 204 valence electrons. The summed E-state index contributed by atoms with van der Waals surface area (Å²) in [7, 11) is 0. The molecule has 1 aromatic heterocycles. The molecule has 4 rings (SSSR count). The molecule has 0 saturated heterocycles. The summed E-state index contributed by atoms with van der Waals surface area (Å²) in [6.07, 6.45) is -4.66. The number of aryl methyl sites for hydroxylation is 1. The van der Waals surface area contributed by atoms with Gasteiger partial charge in [-0.05, 0) is 53.9 Å². The van der Waals surface area contributed by atoms with Gasteiger partial charge in [0.1, 0.15) is 5.69 Å². The second kappa shape index (κ2) is 11.4. The first-order valence-corrected chi connectivity index (χ1v) is 12.4. The Balaban J connectivity index is 1.98. The van der Waals surface area contributed by atoms with Gasteiger partial charge in [0, 0.05) is 29.1 Å². The number of hydrazine groups is 1. The Labute approximate surface area is 232 Å². The minimum Gasteiger partial charge on any atom is -0.289 e. The number of pyridine rings is 1. The number of hydrogen-bond donors (Lipinski definition) is 2. The van der Waals surface area contributed by atoms with Crippen molar-refractivity contribution in [3.05, 3.63) is 99.3 Å². The summed E-state index contributed by atoms with van der Waals surface area (Å²) < 4.78 is 39.9. The molecule has 2 heterocycles.